The summed E-state index contributed by atoms with van der Waals surface area (Å²) in [5, 5.41) is 13.6. The first kappa shape index (κ1) is 25.8. The summed E-state index contributed by atoms with van der Waals surface area (Å²) in [5.74, 6) is 0.725. The van der Waals surface area contributed by atoms with Crippen molar-refractivity contribution < 1.29 is 0 Å². The predicted molar refractivity (Wildman–Crippen MR) is 158 cm³/mol. The third-order valence-electron chi connectivity index (χ3n) is 6.90. The fourth-order valence-corrected chi connectivity index (χ4v) is 6.71. The van der Waals surface area contributed by atoms with E-state index in [4.69, 9.17) is 51.4 Å². The van der Waals surface area contributed by atoms with E-state index in [2.05, 4.69) is 33.8 Å². The van der Waals surface area contributed by atoms with Gasteiger partial charge in [0.15, 0.2) is 5.01 Å². The molecule has 0 unspecified atom stereocenters. The van der Waals surface area contributed by atoms with Crippen LogP contribution < -0.4 is 0 Å². The van der Waals surface area contributed by atoms with Gasteiger partial charge in [0, 0.05) is 31.7 Å². The van der Waals surface area contributed by atoms with Crippen LogP contribution in [0.3, 0.4) is 0 Å². The number of aromatic nitrogens is 4. The van der Waals surface area contributed by atoms with Crippen LogP contribution in [0.25, 0.3) is 27.8 Å². The molecule has 192 valence electrons. The highest BCUT2D eigenvalue weighted by Gasteiger charge is 2.49. The summed E-state index contributed by atoms with van der Waals surface area (Å²) in [6, 6.07) is 21.3. The molecule has 2 aromatic heterocycles. The topological polar surface area (TPSA) is 43.6 Å². The first-order chi connectivity index (χ1) is 18.4. The molecule has 0 spiro atoms. The summed E-state index contributed by atoms with van der Waals surface area (Å²) in [6.45, 7) is 2.16. The van der Waals surface area contributed by atoms with Gasteiger partial charge in [0.05, 0.1) is 10.7 Å². The molecule has 1 fully saturated rings. The van der Waals surface area contributed by atoms with Gasteiger partial charge in [0.1, 0.15) is 16.5 Å². The summed E-state index contributed by atoms with van der Waals surface area (Å²) in [5.41, 5.74) is 4.72. The number of imidazole rings is 1. The number of hydrogen-bond donors (Lipinski definition) is 0. The van der Waals surface area contributed by atoms with E-state index in [1.165, 1.54) is 5.56 Å². The zero-order valence-corrected chi connectivity index (χ0v) is 24.2. The predicted octanol–water partition coefficient (Wildman–Crippen LogP) is 9.70. The first-order valence-electron chi connectivity index (χ1n) is 12.3. The molecule has 9 heteroatoms. The van der Waals surface area contributed by atoms with Crippen LogP contribution in [-0.4, -0.2) is 19.7 Å². The van der Waals surface area contributed by atoms with Gasteiger partial charge < -0.3 is 0 Å². The summed E-state index contributed by atoms with van der Waals surface area (Å²) in [4.78, 5) is 5.15. The van der Waals surface area contributed by atoms with E-state index in [-0.39, 0.29) is 5.41 Å². The van der Waals surface area contributed by atoms with Crippen LogP contribution in [-0.2, 0) is 11.8 Å². The molecule has 1 saturated carbocycles. The van der Waals surface area contributed by atoms with E-state index in [1.54, 1.807) is 17.4 Å². The summed E-state index contributed by atoms with van der Waals surface area (Å²) in [7, 11) is 0. The van der Waals surface area contributed by atoms with Crippen LogP contribution in [0.4, 0.5) is 0 Å². The zero-order chi connectivity index (χ0) is 26.4. The number of benzene rings is 3. The van der Waals surface area contributed by atoms with Crippen molar-refractivity contribution in [2.45, 2.75) is 38.0 Å². The Morgan fingerprint density at radius 3 is 2.13 bits per heavy atom. The Morgan fingerprint density at radius 2 is 1.50 bits per heavy atom. The Kier molecular flexibility index (Phi) is 7.00. The Bertz CT molecular complexity index is 1620. The molecule has 4 nitrogen and oxygen atoms in total. The van der Waals surface area contributed by atoms with Gasteiger partial charge >= 0.3 is 0 Å². The largest absolute Gasteiger partial charge is 0.296 e. The molecular weight excluding hydrogens is 578 g/mol. The maximum atomic E-state index is 6.69. The van der Waals surface area contributed by atoms with Crippen molar-refractivity contribution in [3.8, 4) is 27.8 Å². The van der Waals surface area contributed by atoms with Gasteiger partial charge in [-0.25, -0.2) is 4.98 Å². The highest BCUT2D eigenvalue weighted by molar-refractivity contribution is 7.14. The Morgan fingerprint density at radius 1 is 0.842 bits per heavy atom. The molecule has 38 heavy (non-hydrogen) atoms. The van der Waals surface area contributed by atoms with Gasteiger partial charge in [-0.3, -0.25) is 4.57 Å². The molecule has 1 aliphatic carbocycles. The first-order valence-corrected chi connectivity index (χ1v) is 14.7. The molecule has 0 bridgehead atoms. The molecule has 6 rings (SSSR count). The second-order valence-corrected chi connectivity index (χ2v) is 12.1. The Balaban J connectivity index is 1.52. The zero-order valence-electron chi connectivity index (χ0n) is 20.4. The van der Waals surface area contributed by atoms with Crippen LogP contribution in [0.2, 0.25) is 20.1 Å². The van der Waals surface area contributed by atoms with Gasteiger partial charge in [-0.15, -0.1) is 10.2 Å². The number of hydrogen-bond acceptors (Lipinski definition) is 4. The summed E-state index contributed by atoms with van der Waals surface area (Å²) in [6.07, 6.45) is 3.81. The van der Waals surface area contributed by atoms with Crippen LogP contribution in [0.1, 0.15) is 42.5 Å². The van der Waals surface area contributed by atoms with Crippen LogP contribution in [0, 0.1) is 0 Å². The molecule has 5 aromatic rings. The highest BCUT2D eigenvalue weighted by Crippen LogP contribution is 2.55. The van der Waals surface area contributed by atoms with E-state index in [0.29, 0.717) is 15.1 Å². The lowest BCUT2D eigenvalue weighted by molar-refractivity contribution is 0.806. The Hall–Kier alpha value is -2.41. The fourth-order valence-electron chi connectivity index (χ4n) is 4.84. The average molecular weight is 600 g/mol. The van der Waals surface area contributed by atoms with E-state index >= 15 is 0 Å². The van der Waals surface area contributed by atoms with Crippen molar-refractivity contribution in [1.82, 2.24) is 19.7 Å². The second kappa shape index (κ2) is 10.3. The summed E-state index contributed by atoms with van der Waals surface area (Å²) < 4.78 is 2.15. The SMILES string of the molecule is CCCc1c(-c2nnc(C3(c4ccc(Cl)cc4)CC3)s2)nc(-c2ccc(Cl)cc2Cl)n1-c1ccc(Cl)cc1. The van der Waals surface area contributed by atoms with Crippen molar-refractivity contribution in [2.24, 2.45) is 0 Å². The second-order valence-electron chi connectivity index (χ2n) is 9.42. The van der Waals surface area contributed by atoms with Crippen LogP contribution in [0.5, 0.6) is 0 Å². The van der Waals surface area contributed by atoms with E-state index in [1.807, 2.05) is 48.5 Å². The monoisotopic (exact) mass is 598 g/mol. The molecule has 0 aliphatic heterocycles. The third kappa shape index (κ3) is 4.65. The third-order valence-corrected chi connectivity index (χ3v) is 9.09. The standard InChI is InChI=1S/C29H22Cl4N4S/c1-2-3-24-25(27-35-36-28(38-27)29(14-15-29)17-4-6-18(30)7-5-17)34-26(22-13-10-20(32)16-23(22)33)37(24)21-11-8-19(31)9-12-21/h4-13,16H,2-3,14-15H2,1H3. The smallest absolute Gasteiger partial charge is 0.168 e. The molecular formula is C29H22Cl4N4S. The van der Waals surface area contributed by atoms with Crippen molar-refractivity contribution >= 4 is 57.7 Å². The van der Waals surface area contributed by atoms with Gasteiger partial charge in [-0.05, 0) is 79.4 Å². The Labute approximate surface area is 245 Å². The maximum absolute atomic E-state index is 6.69. The molecule has 0 atom stereocenters. The normalized spacial score (nSPS) is 14.1. The fraction of sp³-hybridized carbons (Fsp3) is 0.207. The minimum Gasteiger partial charge on any atom is -0.296 e. The average Bonchev–Trinajstić information content (AvgIpc) is 3.41. The molecule has 0 amide bonds. The maximum Gasteiger partial charge on any atom is 0.168 e. The van der Waals surface area contributed by atoms with Gasteiger partial charge in [-0.2, -0.15) is 0 Å². The minimum atomic E-state index is -0.105. The van der Waals surface area contributed by atoms with Gasteiger partial charge in [0.25, 0.3) is 0 Å². The molecule has 2 heterocycles. The molecule has 0 radical (unpaired) electrons. The van der Waals surface area contributed by atoms with Crippen molar-refractivity contribution in [1.29, 1.82) is 0 Å². The van der Waals surface area contributed by atoms with Crippen molar-refractivity contribution in [3.05, 3.63) is 103 Å². The lowest BCUT2D eigenvalue weighted by atomic mass is 9.97. The van der Waals surface area contributed by atoms with E-state index in [9.17, 15) is 0 Å². The van der Waals surface area contributed by atoms with Gasteiger partial charge in [0.2, 0.25) is 0 Å². The van der Waals surface area contributed by atoms with Crippen LogP contribution >= 0.6 is 57.7 Å². The van der Waals surface area contributed by atoms with Crippen molar-refractivity contribution in [2.75, 3.05) is 0 Å². The molecule has 3 aromatic carbocycles. The molecule has 0 N–H and O–H groups in total. The number of nitrogens with zero attached hydrogens (tertiary/aromatic N) is 4. The van der Waals surface area contributed by atoms with E-state index < -0.39 is 0 Å². The molecule has 0 saturated heterocycles. The van der Waals surface area contributed by atoms with E-state index in [0.717, 1.165) is 69.2 Å². The van der Waals surface area contributed by atoms with Crippen LogP contribution in [0.15, 0.2) is 66.7 Å². The highest BCUT2D eigenvalue weighted by atomic mass is 35.5. The number of rotatable bonds is 7. The van der Waals surface area contributed by atoms with Crippen molar-refractivity contribution in [3.63, 3.8) is 0 Å². The summed E-state index contributed by atoms with van der Waals surface area (Å²) >= 11 is 26.9. The van der Waals surface area contributed by atoms with Gasteiger partial charge in [-0.1, -0.05) is 83.2 Å². The lowest BCUT2D eigenvalue weighted by Crippen LogP contribution is -2.07. The minimum absolute atomic E-state index is 0.105. The lowest BCUT2D eigenvalue weighted by Gasteiger charge is -2.13. The number of halogens is 4. The molecule has 1 aliphatic rings. The quantitative estimate of drug-likeness (QED) is 0.187.